The average molecular weight is 221 g/mol. The third-order valence-corrected chi connectivity index (χ3v) is 3.43. The summed E-state index contributed by atoms with van der Waals surface area (Å²) in [7, 11) is 3.58. The molecule has 10 heavy (non-hydrogen) atoms. The molecule has 0 amide bonds. The molecule has 0 aromatic rings. The van der Waals surface area contributed by atoms with Crippen LogP contribution >= 0.6 is 45.1 Å². The summed E-state index contributed by atoms with van der Waals surface area (Å²) in [5, 5.41) is 0. The summed E-state index contributed by atoms with van der Waals surface area (Å²) in [5.41, 5.74) is 0. The smallest absolute Gasteiger partial charge is 0.0207 e. The summed E-state index contributed by atoms with van der Waals surface area (Å²) >= 11 is 10.5. The van der Waals surface area contributed by atoms with E-state index in [1.165, 1.54) is 0 Å². The highest BCUT2D eigenvalue weighted by molar-refractivity contribution is 8.76. The zero-order valence-electron chi connectivity index (χ0n) is 5.40. The zero-order chi connectivity index (χ0) is 7.66. The Balaban J connectivity index is 2.65. The van der Waals surface area contributed by atoms with Crippen LogP contribution in [-0.4, -0.2) is 24.6 Å². The Hall–Kier alpha value is 1.20. The standard InChI is InChI=1S/C4H10Cl2N2S2/c5-7-1-3-9-10-4-2-8-6/h7-8H,1-4H2. The topological polar surface area (TPSA) is 24.1 Å². The molecule has 0 aliphatic rings. The molecule has 0 aromatic heterocycles. The number of rotatable bonds is 7. The minimum atomic E-state index is 0.841. The van der Waals surface area contributed by atoms with Crippen LogP contribution in [0.15, 0.2) is 0 Å². The van der Waals surface area contributed by atoms with Crippen LogP contribution in [0.3, 0.4) is 0 Å². The molecule has 0 aromatic carbocycles. The lowest BCUT2D eigenvalue weighted by atomic mass is 10.8. The molecular weight excluding hydrogens is 211 g/mol. The minimum Gasteiger partial charge on any atom is -0.233 e. The maximum atomic E-state index is 5.24. The molecule has 2 N–H and O–H groups in total. The normalized spacial score (nSPS) is 10.2. The van der Waals surface area contributed by atoms with Crippen molar-refractivity contribution in [2.75, 3.05) is 24.6 Å². The van der Waals surface area contributed by atoms with Crippen molar-refractivity contribution < 1.29 is 0 Å². The Labute approximate surface area is 79.4 Å². The monoisotopic (exact) mass is 220 g/mol. The van der Waals surface area contributed by atoms with Crippen molar-refractivity contribution in [2.45, 2.75) is 0 Å². The second-order valence-electron chi connectivity index (χ2n) is 1.41. The predicted molar refractivity (Wildman–Crippen MR) is 52.6 cm³/mol. The molecule has 0 spiro atoms. The van der Waals surface area contributed by atoms with Crippen molar-refractivity contribution in [1.29, 1.82) is 0 Å². The quantitative estimate of drug-likeness (QED) is 0.389. The van der Waals surface area contributed by atoms with Gasteiger partial charge >= 0.3 is 0 Å². The average Bonchev–Trinajstić information content (AvgIpc) is 1.97. The largest absolute Gasteiger partial charge is 0.233 e. The van der Waals surface area contributed by atoms with Gasteiger partial charge in [0.1, 0.15) is 0 Å². The van der Waals surface area contributed by atoms with E-state index in [0.717, 1.165) is 24.6 Å². The van der Waals surface area contributed by atoms with E-state index in [-0.39, 0.29) is 0 Å². The minimum absolute atomic E-state index is 0.841. The third kappa shape index (κ3) is 9.20. The molecule has 0 aliphatic carbocycles. The molecule has 0 unspecified atom stereocenters. The Morgan fingerprint density at radius 3 is 1.60 bits per heavy atom. The summed E-state index contributed by atoms with van der Waals surface area (Å²) in [4.78, 5) is 5.11. The molecule has 0 fully saturated rings. The maximum absolute atomic E-state index is 5.24. The van der Waals surface area contributed by atoms with Gasteiger partial charge in [-0.15, -0.1) is 0 Å². The van der Waals surface area contributed by atoms with Crippen molar-refractivity contribution >= 4 is 45.1 Å². The van der Waals surface area contributed by atoms with E-state index < -0.39 is 0 Å². The van der Waals surface area contributed by atoms with Crippen LogP contribution in [-0.2, 0) is 0 Å². The van der Waals surface area contributed by atoms with Crippen molar-refractivity contribution in [3.05, 3.63) is 0 Å². The van der Waals surface area contributed by atoms with Gasteiger partial charge in [-0.25, -0.2) is 9.67 Å². The number of hydrogen-bond acceptors (Lipinski definition) is 4. The summed E-state index contributed by atoms with van der Waals surface area (Å²) in [6.45, 7) is 1.68. The fourth-order valence-corrected chi connectivity index (χ4v) is 2.51. The first-order valence-corrected chi connectivity index (χ1v) is 6.07. The van der Waals surface area contributed by atoms with Crippen LogP contribution in [0.1, 0.15) is 0 Å². The summed E-state index contributed by atoms with van der Waals surface area (Å²) in [5.74, 6) is 2.05. The Morgan fingerprint density at radius 2 is 1.30 bits per heavy atom. The van der Waals surface area contributed by atoms with E-state index in [4.69, 9.17) is 23.6 Å². The van der Waals surface area contributed by atoms with Gasteiger partial charge < -0.3 is 0 Å². The van der Waals surface area contributed by atoms with Crippen molar-refractivity contribution in [1.82, 2.24) is 9.67 Å². The van der Waals surface area contributed by atoms with Crippen LogP contribution in [0.4, 0.5) is 0 Å². The maximum Gasteiger partial charge on any atom is 0.0207 e. The highest BCUT2D eigenvalue weighted by Crippen LogP contribution is 2.19. The van der Waals surface area contributed by atoms with Gasteiger partial charge in [0.2, 0.25) is 0 Å². The number of hydrogen-bond donors (Lipinski definition) is 2. The number of halogens is 2. The fourth-order valence-electron chi connectivity index (χ4n) is 0.278. The van der Waals surface area contributed by atoms with E-state index in [1.807, 2.05) is 0 Å². The van der Waals surface area contributed by atoms with E-state index in [0.29, 0.717) is 0 Å². The Bertz CT molecular complexity index is 59.2. The van der Waals surface area contributed by atoms with Crippen molar-refractivity contribution in [3.63, 3.8) is 0 Å². The highest BCUT2D eigenvalue weighted by atomic mass is 35.5. The lowest BCUT2D eigenvalue weighted by Crippen LogP contribution is -2.04. The lowest BCUT2D eigenvalue weighted by molar-refractivity contribution is 1.03. The van der Waals surface area contributed by atoms with Crippen LogP contribution in [0.5, 0.6) is 0 Å². The molecule has 0 aliphatic heterocycles. The Morgan fingerprint density at radius 1 is 0.900 bits per heavy atom. The summed E-state index contributed by atoms with van der Waals surface area (Å²) < 4.78 is 0. The van der Waals surface area contributed by atoms with Crippen LogP contribution < -0.4 is 9.67 Å². The first-order chi connectivity index (χ1) is 4.91. The molecule has 6 heteroatoms. The molecule has 62 valence electrons. The Kier molecular flexibility index (Phi) is 11.4. The zero-order valence-corrected chi connectivity index (χ0v) is 8.55. The molecule has 0 radical (unpaired) electrons. The molecule has 0 rings (SSSR count). The van der Waals surface area contributed by atoms with E-state index in [9.17, 15) is 0 Å². The molecule has 0 bridgehead atoms. The first-order valence-electron chi connectivity index (χ1n) is 2.83. The van der Waals surface area contributed by atoms with Gasteiger partial charge in [0.15, 0.2) is 0 Å². The van der Waals surface area contributed by atoms with Gasteiger partial charge in [0.05, 0.1) is 0 Å². The molecule has 0 heterocycles. The lowest BCUT2D eigenvalue weighted by Gasteiger charge is -1.97. The fraction of sp³-hybridized carbons (Fsp3) is 1.00. The highest BCUT2D eigenvalue weighted by Gasteiger charge is 1.88. The number of nitrogens with one attached hydrogen (secondary N) is 2. The van der Waals surface area contributed by atoms with Crippen LogP contribution in [0.2, 0.25) is 0 Å². The summed E-state index contributed by atoms with van der Waals surface area (Å²) in [6.07, 6.45) is 0. The molecule has 0 atom stereocenters. The second kappa shape index (κ2) is 10.2. The molecular formula is C4H10Cl2N2S2. The van der Waals surface area contributed by atoms with Gasteiger partial charge in [-0.3, -0.25) is 0 Å². The van der Waals surface area contributed by atoms with Gasteiger partial charge in [-0.2, -0.15) is 0 Å². The van der Waals surface area contributed by atoms with E-state index in [2.05, 4.69) is 9.67 Å². The second-order valence-corrected chi connectivity index (χ2v) is 4.65. The molecule has 0 saturated heterocycles. The van der Waals surface area contributed by atoms with Gasteiger partial charge in [-0.05, 0) is 23.6 Å². The van der Waals surface area contributed by atoms with Crippen molar-refractivity contribution in [3.8, 4) is 0 Å². The predicted octanol–water partition coefficient (Wildman–Crippen LogP) is 1.85. The first kappa shape index (κ1) is 11.2. The van der Waals surface area contributed by atoms with Gasteiger partial charge in [0, 0.05) is 24.6 Å². The van der Waals surface area contributed by atoms with Crippen LogP contribution in [0, 0.1) is 0 Å². The van der Waals surface area contributed by atoms with Crippen LogP contribution in [0.25, 0.3) is 0 Å². The SMILES string of the molecule is ClNCCSSCCNCl. The molecule has 2 nitrogen and oxygen atoms in total. The van der Waals surface area contributed by atoms with Crippen molar-refractivity contribution in [2.24, 2.45) is 0 Å². The summed E-state index contributed by atoms with van der Waals surface area (Å²) in [6, 6.07) is 0. The van der Waals surface area contributed by atoms with Gasteiger partial charge in [0.25, 0.3) is 0 Å². The molecule has 0 saturated carbocycles. The van der Waals surface area contributed by atoms with E-state index >= 15 is 0 Å². The third-order valence-electron chi connectivity index (χ3n) is 0.643. The van der Waals surface area contributed by atoms with Gasteiger partial charge in [-0.1, -0.05) is 21.6 Å². The van der Waals surface area contributed by atoms with E-state index in [1.54, 1.807) is 21.6 Å².